The number of pyridine rings is 4. The first kappa shape index (κ1) is 51.9. The standard InChI is InChI=1S/C22H21FN4O2.C17H18BrN3O2.C11H15BFNO2.CH4/c1-15-18(19-8-9-24-13-20(19)23)6-7-21(25-15)27-11-10-26(22(27)28)14-16-4-3-5-17(12-16)29-2;1-12-15(18)6-7-16(19-12)21-9-8-20(17(21)22)11-13-4-3-5-14(10-13)23-2;1-10(2)11(3,4)16-12(15-10)8-5-6-14-7-9(8)13;/h3-9,12-13H,10-11,14H2,1-2H3;3-7,10H,8-9,11H2,1-2H3;5-7H,1-4H3;1H4. The lowest BCUT2D eigenvalue weighted by Gasteiger charge is -2.32. The van der Waals surface area contributed by atoms with E-state index in [-0.39, 0.29) is 19.5 Å². The first-order valence-electron chi connectivity index (χ1n) is 22.0. The maximum atomic E-state index is 14.1. The Morgan fingerprint density at radius 3 is 1.62 bits per heavy atom. The first-order chi connectivity index (χ1) is 32.5. The van der Waals surface area contributed by atoms with E-state index >= 15 is 0 Å². The van der Waals surface area contributed by atoms with Crippen LogP contribution in [0.4, 0.5) is 30.0 Å². The van der Waals surface area contributed by atoms with Crippen LogP contribution in [0.1, 0.15) is 57.6 Å². The lowest BCUT2D eigenvalue weighted by Crippen LogP contribution is -2.41. The number of hydrogen-bond donors (Lipinski definition) is 0. The van der Waals surface area contributed by atoms with Gasteiger partial charge in [-0.3, -0.25) is 19.8 Å². The second-order valence-corrected chi connectivity index (χ2v) is 18.1. The van der Waals surface area contributed by atoms with Crippen LogP contribution in [-0.4, -0.2) is 101 Å². The number of halogens is 3. The third-order valence-electron chi connectivity index (χ3n) is 12.2. The van der Waals surface area contributed by atoms with Crippen molar-refractivity contribution >= 4 is 52.2 Å². The highest BCUT2D eigenvalue weighted by molar-refractivity contribution is 9.10. The van der Waals surface area contributed by atoms with E-state index < -0.39 is 30.0 Å². The number of aromatic nitrogens is 4. The van der Waals surface area contributed by atoms with E-state index in [4.69, 9.17) is 18.8 Å². The molecule has 0 unspecified atom stereocenters. The molecular weight excluding hydrogens is 949 g/mol. The predicted molar refractivity (Wildman–Crippen MR) is 268 cm³/mol. The maximum absolute atomic E-state index is 14.1. The van der Waals surface area contributed by atoms with Gasteiger partial charge in [-0.2, -0.15) is 0 Å². The molecule has 362 valence electrons. The topological polar surface area (TPSA) is 136 Å². The summed E-state index contributed by atoms with van der Waals surface area (Å²) in [5.41, 5.74) is 4.23. The molecule has 0 atom stereocenters. The third-order valence-corrected chi connectivity index (χ3v) is 13.0. The fraction of sp³-hybridized carbons (Fsp3) is 0.333. The molecule has 3 aliphatic heterocycles. The van der Waals surface area contributed by atoms with Gasteiger partial charge in [0.1, 0.15) is 34.8 Å². The fourth-order valence-electron chi connectivity index (χ4n) is 7.67. The number of carbonyl (C=O) groups excluding carboxylic acids is 2. The monoisotopic (exact) mass is 1010 g/mol. The van der Waals surface area contributed by atoms with Gasteiger partial charge in [0.05, 0.1) is 43.5 Å². The number of carbonyl (C=O) groups is 2. The minimum atomic E-state index is -0.659. The zero-order valence-corrected chi connectivity index (χ0v) is 41.0. The molecule has 3 saturated heterocycles. The molecular formula is C51H58BBrF2N8O6. The van der Waals surface area contributed by atoms with Crippen LogP contribution in [0.2, 0.25) is 0 Å². The van der Waals surface area contributed by atoms with E-state index in [1.54, 1.807) is 59.4 Å². The number of ether oxygens (including phenoxy) is 2. The van der Waals surface area contributed by atoms with Crippen LogP contribution in [0.5, 0.6) is 11.5 Å². The van der Waals surface area contributed by atoms with Crippen molar-refractivity contribution in [3.8, 4) is 22.6 Å². The van der Waals surface area contributed by atoms with E-state index in [9.17, 15) is 18.4 Å². The number of methoxy groups -OCH3 is 2. The van der Waals surface area contributed by atoms with Crippen molar-refractivity contribution in [3.63, 3.8) is 0 Å². The smallest absolute Gasteiger partial charge is 0.497 e. The highest BCUT2D eigenvalue weighted by Gasteiger charge is 2.52. The molecule has 0 bridgehead atoms. The summed E-state index contributed by atoms with van der Waals surface area (Å²) in [5, 5.41) is 0. The van der Waals surface area contributed by atoms with Gasteiger partial charge in [0.2, 0.25) is 0 Å². The Hall–Kier alpha value is -6.50. The number of amides is 4. The van der Waals surface area contributed by atoms with Crippen LogP contribution in [0.15, 0.2) is 114 Å². The van der Waals surface area contributed by atoms with E-state index in [2.05, 4.69) is 35.9 Å². The summed E-state index contributed by atoms with van der Waals surface area (Å²) in [4.78, 5) is 49.0. The van der Waals surface area contributed by atoms with Gasteiger partial charge in [-0.15, -0.1) is 0 Å². The van der Waals surface area contributed by atoms with Crippen LogP contribution in [-0.2, 0) is 22.4 Å². The number of anilines is 2. The third kappa shape index (κ3) is 12.0. The van der Waals surface area contributed by atoms with Gasteiger partial charge >= 0.3 is 19.2 Å². The van der Waals surface area contributed by atoms with E-state index in [1.807, 2.05) is 107 Å². The molecule has 0 aliphatic carbocycles. The van der Waals surface area contributed by atoms with Gasteiger partial charge < -0.3 is 28.6 Å². The molecule has 69 heavy (non-hydrogen) atoms. The number of rotatable bonds is 10. The van der Waals surface area contributed by atoms with Gasteiger partial charge in [0.25, 0.3) is 0 Å². The molecule has 0 saturated carbocycles. The Morgan fingerprint density at radius 1 is 0.652 bits per heavy atom. The summed E-state index contributed by atoms with van der Waals surface area (Å²) in [6.45, 7) is 15.1. The Labute approximate surface area is 411 Å². The second-order valence-electron chi connectivity index (χ2n) is 17.3. The molecule has 3 fully saturated rings. The molecule has 9 rings (SSSR count). The average molecular weight is 1010 g/mol. The van der Waals surface area contributed by atoms with Crippen LogP contribution in [0, 0.1) is 25.5 Å². The molecule has 0 N–H and O–H groups in total. The van der Waals surface area contributed by atoms with Crippen molar-refractivity contribution in [1.29, 1.82) is 0 Å². The normalized spacial score (nSPS) is 15.8. The molecule has 0 radical (unpaired) electrons. The number of hydrogen-bond acceptors (Lipinski definition) is 10. The zero-order valence-electron chi connectivity index (χ0n) is 39.4. The number of urea groups is 2. The minimum absolute atomic E-state index is 0. The van der Waals surface area contributed by atoms with Gasteiger partial charge in [0, 0.05) is 78.4 Å². The quantitative estimate of drug-likeness (QED) is 0.122. The summed E-state index contributed by atoms with van der Waals surface area (Å²) in [6, 6.07) is 25.9. The Kier molecular flexibility index (Phi) is 16.8. The highest BCUT2D eigenvalue weighted by Crippen LogP contribution is 2.37. The lowest BCUT2D eigenvalue weighted by atomic mass is 9.79. The lowest BCUT2D eigenvalue weighted by molar-refractivity contribution is 0.00578. The molecule has 2 aromatic carbocycles. The Balaban J connectivity index is 0.000000176. The van der Waals surface area contributed by atoms with E-state index in [1.165, 1.54) is 18.6 Å². The van der Waals surface area contributed by atoms with Gasteiger partial charge in [-0.05, 0) is 129 Å². The van der Waals surface area contributed by atoms with Gasteiger partial charge in [-0.25, -0.2) is 28.3 Å². The molecule has 3 aliphatic rings. The van der Waals surface area contributed by atoms with Crippen molar-refractivity contribution < 1.29 is 37.2 Å². The molecule has 6 aromatic rings. The van der Waals surface area contributed by atoms with Crippen molar-refractivity contribution in [1.82, 2.24) is 29.7 Å². The molecule has 14 nitrogen and oxygen atoms in total. The molecule has 4 aromatic heterocycles. The fourth-order valence-corrected chi connectivity index (χ4v) is 7.89. The summed E-state index contributed by atoms with van der Waals surface area (Å²) in [7, 11) is 2.61. The number of aryl methyl sites for hydroxylation is 2. The summed E-state index contributed by atoms with van der Waals surface area (Å²) < 4.78 is 50.5. The minimum Gasteiger partial charge on any atom is -0.497 e. The van der Waals surface area contributed by atoms with E-state index in [0.29, 0.717) is 73.2 Å². The first-order valence-corrected chi connectivity index (χ1v) is 22.8. The van der Waals surface area contributed by atoms with Crippen molar-refractivity contribution in [3.05, 3.63) is 148 Å². The summed E-state index contributed by atoms with van der Waals surface area (Å²) in [6.07, 6.45) is 5.43. The Bertz CT molecular complexity index is 2750. The summed E-state index contributed by atoms with van der Waals surface area (Å²) in [5.74, 6) is 2.04. The average Bonchev–Trinajstić information content (AvgIpc) is 3.94. The molecule has 18 heteroatoms. The molecule has 0 spiro atoms. The predicted octanol–water partition coefficient (Wildman–Crippen LogP) is 9.80. The highest BCUT2D eigenvalue weighted by atomic mass is 79.9. The van der Waals surface area contributed by atoms with Crippen LogP contribution >= 0.6 is 15.9 Å². The largest absolute Gasteiger partial charge is 0.497 e. The van der Waals surface area contributed by atoms with Gasteiger partial charge in [-0.1, -0.05) is 31.7 Å². The SMILES string of the molecule is C.CC1(C)OB(c2ccncc2F)OC1(C)C.COc1cccc(CN2CCN(c3ccc(-c4ccncc4F)c(C)n3)C2=O)c1.COc1cccc(CN2CCN(c3ccc(Br)c(C)n3)C2=O)c1. The van der Waals surface area contributed by atoms with Crippen LogP contribution < -0.4 is 24.7 Å². The number of benzene rings is 2. The van der Waals surface area contributed by atoms with Crippen molar-refractivity contribution in [2.75, 3.05) is 50.2 Å². The van der Waals surface area contributed by atoms with E-state index in [0.717, 1.165) is 32.8 Å². The zero-order chi connectivity index (χ0) is 48.8. The Morgan fingerprint density at radius 2 is 1.14 bits per heavy atom. The van der Waals surface area contributed by atoms with Crippen LogP contribution in [0.3, 0.4) is 0 Å². The van der Waals surface area contributed by atoms with Gasteiger partial charge in [0.15, 0.2) is 0 Å². The second kappa shape index (κ2) is 22.3. The van der Waals surface area contributed by atoms with Crippen molar-refractivity contribution in [2.45, 2.75) is 73.3 Å². The van der Waals surface area contributed by atoms with Crippen molar-refractivity contribution in [2.24, 2.45) is 0 Å². The maximum Gasteiger partial charge on any atom is 0.497 e. The van der Waals surface area contributed by atoms with Crippen LogP contribution in [0.25, 0.3) is 11.1 Å². The molecule has 4 amide bonds. The molecule has 7 heterocycles. The number of nitrogens with zero attached hydrogens (tertiary/aromatic N) is 8. The summed E-state index contributed by atoms with van der Waals surface area (Å²) >= 11 is 3.43.